The predicted octanol–water partition coefficient (Wildman–Crippen LogP) is 1.83. The van der Waals surface area contributed by atoms with Crippen LogP contribution in [-0.2, 0) is 0 Å². The lowest BCUT2D eigenvalue weighted by atomic mass is 10.1. The lowest BCUT2D eigenvalue weighted by Gasteiger charge is -2.05. The van der Waals surface area contributed by atoms with Gasteiger partial charge in [0.1, 0.15) is 11.6 Å². The molecule has 3 N–H and O–H groups in total. The molecule has 3 nitrogen and oxygen atoms in total. The lowest BCUT2D eigenvalue weighted by Crippen LogP contribution is -2.25. The van der Waals surface area contributed by atoms with E-state index in [9.17, 15) is 8.78 Å². The van der Waals surface area contributed by atoms with Crippen LogP contribution in [0, 0.1) is 18.6 Å². The number of nitrogens with two attached hydrogens (primary N) is 1. The van der Waals surface area contributed by atoms with Crippen LogP contribution in [0.5, 0.6) is 0 Å². The summed E-state index contributed by atoms with van der Waals surface area (Å²) in [7, 11) is 0. The first-order chi connectivity index (χ1) is 7.41. The third-order valence-electron chi connectivity index (χ3n) is 1.97. The fourth-order valence-corrected chi connectivity index (χ4v) is 1.17. The first-order valence-electron chi connectivity index (χ1n) is 4.47. The van der Waals surface area contributed by atoms with Gasteiger partial charge in [-0.25, -0.2) is 8.78 Å². The summed E-state index contributed by atoms with van der Waals surface area (Å²) in [5.41, 5.74) is 8.06. The van der Waals surface area contributed by atoms with Crippen molar-refractivity contribution in [2.75, 3.05) is 0 Å². The number of thiocarbonyl (C=S) groups is 1. The molecule has 0 unspecified atom stereocenters. The number of halogens is 2. The number of hydrazone groups is 1. The minimum Gasteiger partial charge on any atom is -0.375 e. The maximum atomic E-state index is 13.5. The molecule has 16 heavy (non-hydrogen) atoms. The van der Waals surface area contributed by atoms with E-state index < -0.39 is 11.6 Å². The summed E-state index contributed by atoms with van der Waals surface area (Å²) in [4.78, 5) is 0. The molecule has 0 aliphatic heterocycles. The molecule has 0 aliphatic rings. The van der Waals surface area contributed by atoms with Crippen molar-refractivity contribution in [2.24, 2.45) is 10.8 Å². The Morgan fingerprint density at radius 3 is 2.56 bits per heavy atom. The van der Waals surface area contributed by atoms with Crippen molar-refractivity contribution < 1.29 is 8.78 Å². The number of nitrogens with one attached hydrogen (secondary N) is 1. The van der Waals surface area contributed by atoms with E-state index in [0.29, 0.717) is 0 Å². The monoisotopic (exact) mass is 243 g/mol. The van der Waals surface area contributed by atoms with Gasteiger partial charge in [-0.1, -0.05) is 0 Å². The Bertz CT molecular complexity index is 458. The van der Waals surface area contributed by atoms with Crippen LogP contribution in [0.15, 0.2) is 17.2 Å². The molecular formula is C10H11F2N3S. The second kappa shape index (κ2) is 4.98. The fraction of sp³-hybridized carbons (Fsp3) is 0.200. The van der Waals surface area contributed by atoms with E-state index in [4.69, 9.17) is 5.73 Å². The third kappa shape index (κ3) is 2.96. The van der Waals surface area contributed by atoms with Gasteiger partial charge in [-0.05, 0) is 43.8 Å². The number of hydrogen-bond acceptors (Lipinski definition) is 2. The van der Waals surface area contributed by atoms with Gasteiger partial charge in [-0.3, -0.25) is 5.43 Å². The van der Waals surface area contributed by atoms with Gasteiger partial charge in [0.05, 0.1) is 5.71 Å². The molecule has 0 heterocycles. The van der Waals surface area contributed by atoms with Gasteiger partial charge in [0, 0.05) is 5.56 Å². The highest BCUT2D eigenvalue weighted by Gasteiger charge is 2.09. The molecular weight excluding hydrogens is 232 g/mol. The molecule has 86 valence electrons. The van der Waals surface area contributed by atoms with Gasteiger partial charge in [0.25, 0.3) is 0 Å². The van der Waals surface area contributed by atoms with Crippen molar-refractivity contribution in [2.45, 2.75) is 13.8 Å². The lowest BCUT2D eigenvalue weighted by molar-refractivity contribution is 0.590. The highest BCUT2D eigenvalue weighted by atomic mass is 32.1. The number of hydrogen-bond donors (Lipinski definition) is 2. The normalized spacial score (nSPS) is 11.4. The Morgan fingerprint density at radius 2 is 2.00 bits per heavy atom. The molecule has 1 aromatic rings. The van der Waals surface area contributed by atoms with E-state index in [0.717, 1.165) is 12.1 Å². The summed E-state index contributed by atoms with van der Waals surface area (Å²) in [6.45, 7) is 3.01. The summed E-state index contributed by atoms with van der Waals surface area (Å²) >= 11 is 4.54. The molecule has 0 fully saturated rings. The topological polar surface area (TPSA) is 50.4 Å². The Balaban J connectivity index is 3.08. The average molecular weight is 243 g/mol. The average Bonchev–Trinajstić information content (AvgIpc) is 2.20. The summed E-state index contributed by atoms with van der Waals surface area (Å²) in [5, 5.41) is 3.68. The zero-order valence-electron chi connectivity index (χ0n) is 8.84. The van der Waals surface area contributed by atoms with Gasteiger partial charge in [0.2, 0.25) is 0 Å². The molecule has 0 aliphatic carbocycles. The summed E-state index contributed by atoms with van der Waals surface area (Å²) in [6.07, 6.45) is 0. The number of aryl methyl sites for hydroxylation is 1. The highest BCUT2D eigenvalue weighted by molar-refractivity contribution is 7.80. The van der Waals surface area contributed by atoms with E-state index in [-0.39, 0.29) is 22.0 Å². The van der Waals surface area contributed by atoms with Crippen molar-refractivity contribution in [3.63, 3.8) is 0 Å². The van der Waals surface area contributed by atoms with Crippen molar-refractivity contribution >= 4 is 23.0 Å². The van der Waals surface area contributed by atoms with E-state index in [1.165, 1.54) is 13.8 Å². The van der Waals surface area contributed by atoms with Crippen LogP contribution in [0.2, 0.25) is 0 Å². The molecule has 0 spiro atoms. The van der Waals surface area contributed by atoms with Gasteiger partial charge in [-0.2, -0.15) is 5.10 Å². The van der Waals surface area contributed by atoms with Crippen molar-refractivity contribution in [3.05, 3.63) is 34.9 Å². The predicted molar refractivity (Wildman–Crippen MR) is 63.2 cm³/mol. The third-order valence-corrected chi connectivity index (χ3v) is 2.06. The molecule has 6 heteroatoms. The Morgan fingerprint density at radius 1 is 1.38 bits per heavy atom. The van der Waals surface area contributed by atoms with Gasteiger partial charge in [-0.15, -0.1) is 0 Å². The van der Waals surface area contributed by atoms with Crippen molar-refractivity contribution in [1.82, 2.24) is 5.43 Å². The molecule has 0 bridgehead atoms. The van der Waals surface area contributed by atoms with Crippen LogP contribution in [-0.4, -0.2) is 10.8 Å². The summed E-state index contributed by atoms with van der Waals surface area (Å²) in [5.74, 6) is -1.02. The molecule has 0 radical (unpaired) electrons. The van der Waals surface area contributed by atoms with Crippen molar-refractivity contribution in [1.29, 1.82) is 0 Å². The Kier molecular flexibility index (Phi) is 3.89. The zero-order chi connectivity index (χ0) is 12.3. The summed E-state index contributed by atoms with van der Waals surface area (Å²) < 4.78 is 26.7. The minimum absolute atomic E-state index is 0.0349. The molecule has 1 rings (SSSR count). The number of rotatable bonds is 2. The van der Waals surface area contributed by atoms with E-state index in [1.54, 1.807) is 0 Å². The standard InChI is InChI=1S/C10H11F2N3S/c1-5-3-9(12)7(4-8(5)11)6(2)14-15-10(13)16/h3-4H,1-2H3,(H3,13,15,16). The molecule has 0 saturated carbocycles. The Hall–Kier alpha value is -1.56. The Labute approximate surface area is 97.3 Å². The van der Waals surface area contributed by atoms with E-state index in [1.807, 2.05) is 0 Å². The molecule has 0 atom stereocenters. The highest BCUT2D eigenvalue weighted by Crippen LogP contribution is 2.14. The molecule has 0 amide bonds. The van der Waals surface area contributed by atoms with E-state index >= 15 is 0 Å². The van der Waals surface area contributed by atoms with Crippen LogP contribution in [0.3, 0.4) is 0 Å². The number of benzene rings is 1. The minimum atomic E-state index is -0.537. The number of nitrogens with zero attached hydrogens (tertiary/aromatic N) is 1. The molecule has 1 aromatic carbocycles. The molecule has 0 saturated heterocycles. The first-order valence-corrected chi connectivity index (χ1v) is 4.88. The SMILES string of the molecule is CC(=NNC(N)=S)c1cc(F)c(C)cc1F. The van der Waals surface area contributed by atoms with Crippen molar-refractivity contribution in [3.8, 4) is 0 Å². The van der Waals surface area contributed by atoms with Crippen LogP contribution in [0.4, 0.5) is 8.78 Å². The van der Waals surface area contributed by atoms with Crippen LogP contribution in [0.1, 0.15) is 18.1 Å². The van der Waals surface area contributed by atoms with Crippen LogP contribution < -0.4 is 11.2 Å². The second-order valence-electron chi connectivity index (χ2n) is 3.25. The second-order valence-corrected chi connectivity index (χ2v) is 3.69. The maximum Gasteiger partial charge on any atom is 0.184 e. The maximum absolute atomic E-state index is 13.5. The van der Waals surface area contributed by atoms with E-state index in [2.05, 4.69) is 22.7 Å². The zero-order valence-corrected chi connectivity index (χ0v) is 9.66. The fourth-order valence-electron chi connectivity index (χ4n) is 1.12. The quantitative estimate of drug-likeness (QED) is 0.473. The van der Waals surface area contributed by atoms with Gasteiger partial charge in [0.15, 0.2) is 5.11 Å². The largest absolute Gasteiger partial charge is 0.375 e. The smallest absolute Gasteiger partial charge is 0.184 e. The first kappa shape index (κ1) is 12.5. The van der Waals surface area contributed by atoms with Gasteiger partial charge < -0.3 is 5.73 Å². The van der Waals surface area contributed by atoms with Crippen LogP contribution in [0.25, 0.3) is 0 Å². The van der Waals surface area contributed by atoms with Gasteiger partial charge >= 0.3 is 0 Å². The summed E-state index contributed by atoms with van der Waals surface area (Å²) in [6, 6.07) is 2.20. The molecule has 0 aromatic heterocycles. The van der Waals surface area contributed by atoms with Crippen LogP contribution >= 0.6 is 12.2 Å².